The molecular weight excluding hydrogens is 594 g/mol. The van der Waals surface area contributed by atoms with Crippen molar-refractivity contribution in [2.45, 2.75) is 65.8 Å². The van der Waals surface area contributed by atoms with Gasteiger partial charge in [0.05, 0.1) is 42.3 Å². The summed E-state index contributed by atoms with van der Waals surface area (Å²) in [6.45, 7) is 7.54. The van der Waals surface area contributed by atoms with Gasteiger partial charge >= 0.3 is 11.9 Å². The van der Waals surface area contributed by atoms with Gasteiger partial charge in [0.15, 0.2) is 16.3 Å². The van der Waals surface area contributed by atoms with E-state index >= 15 is 0 Å². The molecule has 2 aliphatic rings. The van der Waals surface area contributed by atoms with Gasteiger partial charge in [-0.25, -0.2) is 9.79 Å². The fourth-order valence-corrected chi connectivity index (χ4v) is 6.98. The van der Waals surface area contributed by atoms with Crippen LogP contribution in [0.15, 0.2) is 63.5 Å². The van der Waals surface area contributed by atoms with Crippen molar-refractivity contribution in [2.75, 3.05) is 25.2 Å². The highest BCUT2D eigenvalue weighted by Crippen LogP contribution is 2.38. The lowest BCUT2D eigenvalue weighted by Crippen LogP contribution is -2.41. The van der Waals surface area contributed by atoms with Crippen LogP contribution in [0.1, 0.15) is 77.0 Å². The van der Waals surface area contributed by atoms with E-state index in [0.717, 1.165) is 49.1 Å². The lowest BCUT2D eigenvalue weighted by molar-refractivity contribution is -0.139. The highest BCUT2D eigenvalue weighted by molar-refractivity contribution is 7.07. The molecule has 0 unspecified atom stereocenters. The summed E-state index contributed by atoms with van der Waals surface area (Å²) in [7, 11) is 1.44. The molecule has 1 aromatic heterocycles. The van der Waals surface area contributed by atoms with Crippen LogP contribution in [0.4, 0.5) is 5.69 Å². The van der Waals surface area contributed by atoms with E-state index in [4.69, 9.17) is 14.2 Å². The number of esters is 2. The first kappa shape index (κ1) is 31.9. The summed E-state index contributed by atoms with van der Waals surface area (Å²) in [4.78, 5) is 60.2. The number of nitrogens with zero attached hydrogens (tertiary/aromatic N) is 3. The van der Waals surface area contributed by atoms with Crippen molar-refractivity contribution in [3.63, 3.8) is 0 Å². The standard InChI is InChI=1S/C34H37N3O7S/c1-6-8-9-10-13-18-36-24-15-12-11-14-23(24)28(31(36)39)30-32(40)37-29(22-16-17-25(44-21(4)38)26(19-22)42-5)27(33(41)43-7-2)20(3)35-34(37)45-30/h11-12,14-17,19,29H,6-10,13,18H2,1-5H3/b30-28-/t29-/m0/s1. The Kier molecular flexibility index (Phi) is 9.67. The molecule has 10 nitrogen and oxygen atoms in total. The second-order valence-corrected chi connectivity index (χ2v) is 11.9. The zero-order chi connectivity index (χ0) is 32.2. The zero-order valence-corrected chi connectivity index (χ0v) is 27.0. The highest BCUT2D eigenvalue weighted by atomic mass is 32.1. The van der Waals surface area contributed by atoms with Crippen molar-refractivity contribution >= 4 is 40.4 Å². The topological polar surface area (TPSA) is 117 Å². The van der Waals surface area contributed by atoms with Gasteiger partial charge in [0.2, 0.25) is 0 Å². The largest absolute Gasteiger partial charge is 0.493 e. The maximum Gasteiger partial charge on any atom is 0.338 e. The minimum Gasteiger partial charge on any atom is -0.493 e. The maximum atomic E-state index is 14.4. The number of fused-ring (bicyclic) bond motifs is 2. The van der Waals surface area contributed by atoms with Gasteiger partial charge in [0.25, 0.3) is 11.5 Å². The maximum absolute atomic E-state index is 14.4. The number of rotatable bonds is 11. The van der Waals surface area contributed by atoms with E-state index in [-0.39, 0.29) is 34.1 Å². The number of aromatic nitrogens is 1. The molecule has 1 atom stereocenters. The van der Waals surface area contributed by atoms with Gasteiger partial charge in [0, 0.05) is 19.0 Å². The Hall–Kier alpha value is -4.51. The third-order valence-corrected chi connectivity index (χ3v) is 8.94. The van der Waals surface area contributed by atoms with E-state index in [1.165, 1.54) is 18.6 Å². The molecule has 0 N–H and O–H groups in total. The fraction of sp³-hybridized carbons (Fsp3) is 0.382. The Morgan fingerprint density at radius 3 is 2.47 bits per heavy atom. The van der Waals surface area contributed by atoms with Crippen molar-refractivity contribution in [3.8, 4) is 11.5 Å². The van der Waals surface area contributed by atoms with E-state index in [1.54, 1.807) is 36.9 Å². The van der Waals surface area contributed by atoms with Crippen molar-refractivity contribution < 1.29 is 28.6 Å². The first-order valence-electron chi connectivity index (χ1n) is 15.2. The molecule has 2 aromatic carbocycles. The Morgan fingerprint density at radius 2 is 1.76 bits per heavy atom. The van der Waals surface area contributed by atoms with Crippen LogP contribution in [-0.4, -0.2) is 42.7 Å². The van der Waals surface area contributed by atoms with Crippen LogP contribution in [-0.2, 0) is 19.1 Å². The van der Waals surface area contributed by atoms with Gasteiger partial charge in [-0.15, -0.1) is 0 Å². The lowest BCUT2D eigenvalue weighted by Gasteiger charge is -2.25. The molecule has 0 spiro atoms. The van der Waals surface area contributed by atoms with Crippen LogP contribution in [0.25, 0.3) is 5.57 Å². The van der Waals surface area contributed by atoms with Crippen molar-refractivity contribution in [3.05, 3.63) is 84.5 Å². The average Bonchev–Trinajstić information content (AvgIpc) is 3.48. The van der Waals surface area contributed by atoms with Crippen LogP contribution in [0.5, 0.6) is 11.5 Å². The van der Waals surface area contributed by atoms with Crippen molar-refractivity contribution in [1.29, 1.82) is 0 Å². The normalized spacial score (nSPS) is 16.7. The molecule has 0 fully saturated rings. The number of carbonyl (C=O) groups excluding carboxylic acids is 3. The van der Waals surface area contributed by atoms with E-state index in [9.17, 15) is 19.2 Å². The minimum atomic E-state index is -0.934. The summed E-state index contributed by atoms with van der Waals surface area (Å²) in [6, 6.07) is 11.4. The molecule has 5 rings (SSSR count). The molecule has 236 valence electrons. The number of methoxy groups -OCH3 is 1. The van der Waals surface area contributed by atoms with Gasteiger partial charge < -0.3 is 19.1 Å². The SMILES string of the molecule is CCCCCCCN1C(=O)/C(=c2\sc3n(c2=O)[C@@H](c2ccc(OC(C)=O)c(OC)c2)C(C(=O)OCC)=C(C)N=3)c2ccccc21. The van der Waals surface area contributed by atoms with E-state index in [0.29, 0.717) is 33.7 Å². The fourth-order valence-electron chi connectivity index (χ4n) is 5.85. The van der Waals surface area contributed by atoms with Crippen molar-refractivity contribution in [2.24, 2.45) is 4.99 Å². The van der Waals surface area contributed by atoms with Gasteiger partial charge in [-0.3, -0.25) is 19.0 Å². The van der Waals surface area contributed by atoms with Crippen LogP contribution in [0, 0.1) is 0 Å². The second kappa shape index (κ2) is 13.6. The van der Waals surface area contributed by atoms with Crippen molar-refractivity contribution in [1.82, 2.24) is 4.57 Å². The van der Waals surface area contributed by atoms with Gasteiger partial charge in [-0.2, -0.15) is 0 Å². The molecule has 2 aliphatic heterocycles. The summed E-state index contributed by atoms with van der Waals surface area (Å²) in [5.74, 6) is -0.900. The van der Waals surface area contributed by atoms with Crippen LogP contribution >= 0.6 is 11.3 Å². The molecule has 3 aromatic rings. The summed E-state index contributed by atoms with van der Waals surface area (Å²) in [5, 5.41) is 0. The van der Waals surface area contributed by atoms with E-state index in [2.05, 4.69) is 11.9 Å². The summed E-state index contributed by atoms with van der Waals surface area (Å²) in [5.41, 5.74) is 2.48. The molecule has 0 radical (unpaired) electrons. The molecule has 45 heavy (non-hydrogen) atoms. The molecular formula is C34H37N3O7S. The van der Waals surface area contributed by atoms with Gasteiger partial charge in [-0.05, 0) is 44.0 Å². The molecule has 0 saturated heterocycles. The van der Waals surface area contributed by atoms with Crippen LogP contribution < -0.4 is 29.3 Å². The Balaban J connectivity index is 1.69. The van der Waals surface area contributed by atoms with Crippen LogP contribution in [0.2, 0.25) is 0 Å². The number of para-hydroxylation sites is 1. The summed E-state index contributed by atoms with van der Waals surface area (Å²) >= 11 is 1.13. The van der Waals surface area contributed by atoms with Crippen LogP contribution in [0.3, 0.4) is 0 Å². The van der Waals surface area contributed by atoms with Gasteiger partial charge in [0.1, 0.15) is 4.53 Å². The number of thiazole rings is 1. The van der Waals surface area contributed by atoms with E-state index in [1.807, 2.05) is 24.3 Å². The monoisotopic (exact) mass is 631 g/mol. The number of amides is 1. The number of benzene rings is 2. The van der Waals surface area contributed by atoms with E-state index < -0.39 is 23.5 Å². The molecule has 0 saturated carbocycles. The lowest BCUT2D eigenvalue weighted by atomic mass is 9.95. The minimum absolute atomic E-state index is 0.130. The second-order valence-electron chi connectivity index (χ2n) is 10.9. The Bertz CT molecular complexity index is 1870. The molecule has 0 bridgehead atoms. The summed E-state index contributed by atoms with van der Waals surface area (Å²) < 4.78 is 17.9. The predicted molar refractivity (Wildman–Crippen MR) is 171 cm³/mol. The number of hydrogen-bond acceptors (Lipinski definition) is 9. The number of ether oxygens (including phenoxy) is 3. The first-order valence-corrected chi connectivity index (χ1v) is 16.0. The third-order valence-electron chi connectivity index (χ3n) is 7.89. The Morgan fingerprint density at radius 1 is 1.00 bits per heavy atom. The molecule has 1 amide bonds. The number of unbranched alkanes of at least 4 members (excludes halogenated alkanes) is 4. The summed E-state index contributed by atoms with van der Waals surface area (Å²) in [6.07, 6.45) is 5.29. The quantitative estimate of drug-likeness (QED) is 0.175. The number of hydrogen-bond donors (Lipinski definition) is 0. The number of anilines is 1. The molecule has 3 heterocycles. The predicted octanol–water partition coefficient (Wildman–Crippen LogP) is 4.42. The zero-order valence-electron chi connectivity index (χ0n) is 26.2. The number of carbonyl (C=O) groups is 3. The molecule has 11 heteroatoms. The smallest absolute Gasteiger partial charge is 0.338 e. The third kappa shape index (κ3) is 6.09. The van der Waals surface area contributed by atoms with Gasteiger partial charge in [-0.1, -0.05) is 68.2 Å². The average molecular weight is 632 g/mol. The Labute approximate surface area is 265 Å². The first-order chi connectivity index (χ1) is 21.7. The highest BCUT2D eigenvalue weighted by Gasteiger charge is 2.37. The molecule has 0 aliphatic carbocycles. The number of allylic oxidation sites excluding steroid dienone is 1.